The second kappa shape index (κ2) is 8.34. The Labute approximate surface area is 210 Å². The van der Waals surface area contributed by atoms with E-state index < -0.39 is 20.5 Å². The molecule has 0 aliphatic carbocycles. The predicted octanol–water partition coefficient (Wildman–Crippen LogP) is 6.69. The Morgan fingerprint density at radius 1 is 0.576 bits per heavy atom. The molecule has 0 aromatic heterocycles. The Hall–Kier alpha value is -0.390. The Bertz CT molecular complexity index is 805. The monoisotopic (exact) mass is 624 g/mol. The molecule has 0 amide bonds. The number of allylic oxidation sites excluding steroid dienone is 2. The van der Waals surface area contributed by atoms with E-state index in [1.54, 1.807) is 0 Å². The van der Waals surface area contributed by atoms with Crippen LogP contribution < -0.4 is 0 Å². The summed E-state index contributed by atoms with van der Waals surface area (Å²) in [5.74, 6) is 0. The van der Waals surface area contributed by atoms with Crippen LogP contribution in [0.15, 0.2) is 34.3 Å². The number of hydrogen-bond acceptors (Lipinski definition) is 4. The molecule has 0 fully saturated rings. The Kier molecular flexibility index (Phi) is 7.29. The molecule has 2 heterocycles. The summed E-state index contributed by atoms with van der Waals surface area (Å²) in [6.07, 6.45) is 9.63. The average molecular weight is 623 g/mol. The second-order valence-electron chi connectivity index (χ2n) is 14.7. The molecule has 2 atom stereocenters. The molecule has 4 nitrogen and oxygen atoms in total. The maximum absolute atomic E-state index is 5.79. The van der Waals surface area contributed by atoms with Gasteiger partial charge in [0.2, 0.25) is 0 Å². The first kappa shape index (κ1) is 28.8. The predicted molar refractivity (Wildman–Crippen MR) is 144 cm³/mol. The van der Waals surface area contributed by atoms with Gasteiger partial charge in [0, 0.05) is 0 Å². The van der Waals surface area contributed by atoms with Gasteiger partial charge in [-0.1, -0.05) is 0 Å². The minimum absolute atomic E-state index is 0.00194. The van der Waals surface area contributed by atoms with E-state index in [0.29, 0.717) is 0 Å². The van der Waals surface area contributed by atoms with Crippen LogP contribution >= 0.6 is 0 Å². The van der Waals surface area contributed by atoms with Gasteiger partial charge in [-0.3, -0.25) is 0 Å². The van der Waals surface area contributed by atoms with Crippen LogP contribution in [0.5, 0.6) is 0 Å². The van der Waals surface area contributed by atoms with Crippen LogP contribution in [0.3, 0.4) is 0 Å². The Balaban J connectivity index is 3.16. The van der Waals surface area contributed by atoms with E-state index in [4.69, 9.17) is 9.98 Å². The minimum atomic E-state index is -4.11. The molecular weight excluding hydrogens is 571 g/mol. The van der Waals surface area contributed by atoms with Gasteiger partial charge in [-0.05, 0) is 0 Å². The Morgan fingerprint density at radius 2 is 0.848 bits per heavy atom. The van der Waals surface area contributed by atoms with Crippen LogP contribution in [0.1, 0.15) is 83.1 Å². The maximum atomic E-state index is 5.79. The van der Waals surface area contributed by atoms with E-state index in [-0.39, 0.29) is 28.3 Å². The zero-order chi connectivity index (χ0) is 26.1. The first-order valence-electron chi connectivity index (χ1n) is 12.5. The van der Waals surface area contributed by atoms with Crippen molar-refractivity contribution in [3.05, 3.63) is 24.3 Å². The summed E-state index contributed by atoms with van der Waals surface area (Å²) in [6.45, 7) is 28.0. The molecular formula is C28H52HfN4. The molecule has 5 heteroatoms. The summed E-state index contributed by atoms with van der Waals surface area (Å²) in [5.41, 5.74) is 2.27. The van der Waals surface area contributed by atoms with Crippen molar-refractivity contribution in [2.24, 2.45) is 31.6 Å². The third-order valence-corrected chi connectivity index (χ3v) is 32.1. The van der Waals surface area contributed by atoms with Crippen LogP contribution in [0.2, 0.25) is 0 Å². The molecule has 2 aliphatic rings. The molecule has 2 rings (SSSR count). The van der Waals surface area contributed by atoms with Crippen LogP contribution in [-0.4, -0.2) is 52.0 Å². The average Bonchev–Trinajstić information content (AvgIpc) is 3.19. The third-order valence-electron chi connectivity index (χ3n) is 7.74. The van der Waals surface area contributed by atoms with Gasteiger partial charge < -0.3 is 0 Å². The van der Waals surface area contributed by atoms with Gasteiger partial charge in [0.05, 0.1) is 0 Å². The van der Waals surface area contributed by atoms with Crippen molar-refractivity contribution in [1.29, 1.82) is 0 Å². The number of aliphatic imine (C=N–C) groups is 2. The molecule has 0 radical (unpaired) electrons. The molecule has 0 bridgehead atoms. The molecule has 0 saturated carbocycles. The van der Waals surface area contributed by atoms with Gasteiger partial charge in [-0.15, -0.1) is 0 Å². The van der Waals surface area contributed by atoms with Crippen LogP contribution in [0.4, 0.5) is 0 Å². The molecule has 0 spiro atoms. The van der Waals surface area contributed by atoms with Gasteiger partial charge in [0.25, 0.3) is 0 Å². The molecule has 0 aromatic rings. The van der Waals surface area contributed by atoms with Gasteiger partial charge in [0.1, 0.15) is 0 Å². The molecule has 0 N–H and O–H groups in total. The zero-order valence-corrected chi connectivity index (χ0v) is 28.2. The van der Waals surface area contributed by atoms with Crippen molar-refractivity contribution < 1.29 is 20.5 Å². The summed E-state index contributed by atoms with van der Waals surface area (Å²) in [6, 6.07) is 0. The van der Waals surface area contributed by atoms with Crippen LogP contribution in [0.25, 0.3) is 0 Å². The molecule has 0 saturated heterocycles. The molecule has 33 heavy (non-hydrogen) atoms. The van der Waals surface area contributed by atoms with Crippen LogP contribution in [0, 0.1) is 21.7 Å². The fourth-order valence-corrected chi connectivity index (χ4v) is 32.6. The van der Waals surface area contributed by atoms with Gasteiger partial charge in [-0.25, -0.2) is 0 Å². The van der Waals surface area contributed by atoms with E-state index in [1.165, 1.54) is 11.4 Å². The zero-order valence-electron chi connectivity index (χ0n) is 24.6. The fraction of sp³-hybridized carbons (Fsp3) is 0.786. The summed E-state index contributed by atoms with van der Waals surface area (Å²) < 4.78 is 4.60. The van der Waals surface area contributed by atoms with E-state index in [9.17, 15) is 0 Å². The molecule has 0 aromatic carbocycles. The first-order chi connectivity index (χ1) is 14.5. The molecule has 2 unspecified atom stereocenters. The second-order valence-corrected chi connectivity index (χ2v) is 31.4. The number of hydrogen-bond donors (Lipinski definition) is 0. The normalized spacial score (nSPS) is 27.1. The number of rotatable bonds is 4. The van der Waals surface area contributed by atoms with Crippen LogP contribution in [-0.2, 0) is 20.5 Å². The SMILES string of the molecule is C[N](C)[Hf]([N](C)C)([C]1(C(C)(C)C)C=CC(C(C)(C)C)=N1)[C]1(C(C)(C)C)C=CC(C(C)(C)C)=N1. The van der Waals surface area contributed by atoms with Gasteiger partial charge in [-0.2, -0.15) is 0 Å². The fourth-order valence-electron chi connectivity index (χ4n) is 6.09. The molecule has 2 aliphatic heterocycles. The third kappa shape index (κ3) is 4.16. The van der Waals surface area contributed by atoms with E-state index in [2.05, 4.69) is 141 Å². The van der Waals surface area contributed by atoms with E-state index in [0.717, 1.165) is 0 Å². The van der Waals surface area contributed by atoms with E-state index in [1.807, 2.05) is 0 Å². The summed E-state index contributed by atoms with van der Waals surface area (Å²) in [4.78, 5) is 11.6. The Morgan fingerprint density at radius 3 is 1.00 bits per heavy atom. The topological polar surface area (TPSA) is 31.2 Å². The van der Waals surface area contributed by atoms with E-state index >= 15 is 0 Å². The van der Waals surface area contributed by atoms with Crippen molar-refractivity contribution in [2.75, 3.05) is 28.2 Å². The summed E-state index contributed by atoms with van der Waals surface area (Å²) in [7, 11) is 9.22. The summed E-state index contributed by atoms with van der Waals surface area (Å²) in [5, 5.41) is 0. The van der Waals surface area contributed by atoms with Crippen molar-refractivity contribution in [3.8, 4) is 0 Å². The van der Waals surface area contributed by atoms with Crippen molar-refractivity contribution in [2.45, 2.75) is 89.7 Å². The van der Waals surface area contributed by atoms with Gasteiger partial charge >= 0.3 is 212 Å². The quantitative estimate of drug-likeness (QED) is 0.327. The number of nitrogens with zero attached hydrogens (tertiary/aromatic N) is 4. The standard InChI is InChI=1S/2C12H20N.2C2H6N.Hf/c2*1-11(2,3)9-7-8-10(13-9)12(4,5)6;2*1-3-2;/h2*7-8H,1-6H3;2*1-2H3;/q;;2*-1;+2. The summed E-state index contributed by atoms with van der Waals surface area (Å²) >= 11 is -4.11. The van der Waals surface area contributed by atoms with Crippen molar-refractivity contribution in [3.63, 3.8) is 0 Å². The molecule has 188 valence electrons. The first-order valence-corrected chi connectivity index (χ1v) is 19.3. The van der Waals surface area contributed by atoms with Crippen molar-refractivity contribution in [1.82, 2.24) is 5.78 Å². The van der Waals surface area contributed by atoms with Gasteiger partial charge in [0.15, 0.2) is 0 Å². The van der Waals surface area contributed by atoms with Crippen molar-refractivity contribution >= 4 is 11.4 Å².